The fourth-order valence-corrected chi connectivity index (χ4v) is 4.28. The van der Waals surface area contributed by atoms with Crippen molar-refractivity contribution in [3.63, 3.8) is 0 Å². The van der Waals surface area contributed by atoms with E-state index in [1.54, 1.807) is 18.2 Å². The van der Waals surface area contributed by atoms with Crippen molar-refractivity contribution in [3.8, 4) is 22.6 Å². The van der Waals surface area contributed by atoms with E-state index in [1.165, 1.54) is 5.56 Å². The van der Waals surface area contributed by atoms with E-state index in [0.29, 0.717) is 0 Å². The van der Waals surface area contributed by atoms with Gasteiger partial charge in [-0.3, -0.25) is 0 Å². The van der Waals surface area contributed by atoms with Crippen LogP contribution in [0, 0.1) is 0 Å². The predicted octanol–water partition coefficient (Wildman–Crippen LogP) is 7.10. The van der Waals surface area contributed by atoms with Crippen LogP contribution in [-0.4, -0.2) is 10.2 Å². The molecule has 0 fully saturated rings. The molecule has 0 aromatic heterocycles. The molecule has 0 aliphatic rings. The van der Waals surface area contributed by atoms with Crippen LogP contribution in [0.5, 0.6) is 11.5 Å². The van der Waals surface area contributed by atoms with Crippen molar-refractivity contribution < 1.29 is 10.2 Å². The summed E-state index contributed by atoms with van der Waals surface area (Å²) >= 11 is 0. The van der Waals surface area contributed by atoms with Crippen LogP contribution >= 0.6 is 0 Å². The van der Waals surface area contributed by atoms with E-state index < -0.39 is 0 Å². The SMILES string of the molecule is Oc1ccc([C@H](c2ccc(-c3ccccc3)cc2)c2c(O)ccc3ccccc23)cc1. The van der Waals surface area contributed by atoms with E-state index in [0.717, 1.165) is 33.0 Å². The Balaban J connectivity index is 1.70. The third-order valence-electron chi connectivity index (χ3n) is 5.81. The van der Waals surface area contributed by atoms with E-state index in [1.807, 2.05) is 48.5 Å². The lowest BCUT2D eigenvalue weighted by Crippen LogP contribution is -2.05. The molecule has 5 aromatic carbocycles. The molecule has 0 aliphatic carbocycles. The number of phenols is 2. The second kappa shape index (κ2) is 8.00. The highest BCUT2D eigenvalue weighted by atomic mass is 16.3. The second-order valence-electron chi connectivity index (χ2n) is 7.73. The van der Waals surface area contributed by atoms with Crippen LogP contribution < -0.4 is 0 Å². The maximum atomic E-state index is 10.9. The van der Waals surface area contributed by atoms with Gasteiger partial charge < -0.3 is 10.2 Å². The minimum Gasteiger partial charge on any atom is -0.508 e. The molecule has 2 nitrogen and oxygen atoms in total. The lowest BCUT2D eigenvalue weighted by molar-refractivity contribution is 0.468. The average molecular weight is 402 g/mol. The minimum atomic E-state index is -0.170. The number of phenolic OH excluding ortho intramolecular Hbond substituents is 2. The van der Waals surface area contributed by atoms with Crippen LogP contribution in [0.2, 0.25) is 0 Å². The molecule has 1 atom stereocenters. The van der Waals surface area contributed by atoms with Gasteiger partial charge in [-0.2, -0.15) is 0 Å². The lowest BCUT2D eigenvalue weighted by atomic mass is 9.82. The van der Waals surface area contributed by atoms with Gasteiger partial charge in [-0.25, -0.2) is 0 Å². The van der Waals surface area contributed by atoms with Gasteiger partial charge in [0.05, 0.1) is 0 Å². The highest BCUT2D eigenvalue weighted by molar-refractivity contribution is 5.89. The van der Waals surface area contributed by atoms with Crippen LogP contribution in [0.25, 0.3) is 21.9 Å². The Kier molecular flexibility index (Phi) is 4.89. The number of fused-ring (bicyclic) bond motifs is 1. The first kappa shape index (κ1) is 19.0. The fourth-order valence-electron chi connectivity index (χ4n) is 4.28. The zero-order valence-corrected chi connectivity index (χ0v) is 16.9. The van der Waals surface area contributed by atoms with Crippen molar-refractivity contribution >= 4 is 10.8 Å². The highest BCUT2D eigenvalue weighted by Crippen LogP contribution is 2.41. The van der Waals surface area contributed by atoms with Crippen molar-refractivity contribution in [2.24, 2.45) is 0 Å². The molecule has 0 saturated carbocycles. The molecule has 5 aromatic rings. The number of aromatic hydroxyl groups is 2. The smallest absolute Gasteiger partial charge is 0.120 e. The Bertz CT molecular complexity index is 1320. The van der Waals surface area contributed by atoms with Crippen molar-refractivity contribution in [1.29, 1.82) is 0 Å². The van der Waals surface area contributed by atoms with Crippen LogP contribution in [0.1, 0.15) is 22.6 Å². The average Bonchev–Trinajstić information content (AvgIpc) is 2.83. The lowest BCUT2D eigenvalue weighted by Gasteiger charge is -2.22. The summed E-state index contributed by atoms with van der Waals surface area (Å²) < 4.78 is 0. The van der Waals surface area contributed by atoms with Gasteiger partial charge in [-0.05, 0) is 51.2 Å². The third-order valence-corrected chi connectivity index (χ3v) is 5.81. The Morgan fingerprint density at radius 3 is 1.77 bits per heavy atom. The first-order chi connectivity index (χ1) is 15.2. The first-order valence-corrected chi connectivity index (χ1v) is 10.4. The quantitative estimate of drug-likeness (QED) is 0.315. The van der Waals surface area contributed by atoms with Crippen LogP contribution in [-0.2, 0) is 0 Å². The van der Waals surface area contributed by atoms with Gasteiger partial charge in [0.1, 0.15) is 11.5 Å². The normalized spacial score (nSPS) is 12.0. The van der Waals surface area contributed by atoms with Gasteiger partial charge in [0.15, 0.2) is 0 Å². The molecule has 31 heavy (non-hydrogen) atoms. The zero-order chi connectivity index (χ0) is 21.2. The van der Waals surface area contributed by atoms with Crippen molar-refractivity contribution in [1.82, 2.24) is 0 Å². The number of rotatable bonds is 4. The molecule has 150 valence electrons. The predicted molar refractivity (Wildman–Crippen MR) is 127 cm³/mol. The van der Waals surface area contributed by atoms with Crippen molar-refractivity contribution in [2.45, 2.75) is 5.92 Å². The van der Waals surface area contributed by atoms with Crippen LogP contribution in [0.15, 0.2) is 115 Å². The Morgan fingerprint density at radius 1 is 0.484 bits per heavy atom. The number of hydrogen-bond acceptors (Lipinski definition) is 2. The largest absolute Gasteiger partial charge is 0.508 e. The maximum absolute atomic E-state index is 10.9. The second-order valence-corrected chi connectivity index (χ2v) is 7.73. The Labute approximate surface area is 181 Å². The maximum Gasteiger partial charge on any atom is 0.120 e. The van der Waals surface area contributed by atoms with Gasteiger partial charge >= 0.3 is 0 Å². The van der Waals surface area contributed by atoms with E-state index >= 15 is 0 Å². The molecule has 5 rings (SSSR count). The number of benzene rings is 5. The van der Waals surface area contributed by atoms with E-state index in [-0.39, 0.29) is 17.4 Å². The Hall–Kier alpha value is -4.04. The molecule has 2 heteroatoms. The van der Waals surface area contributed by atoms with Gasteiger partial charge in [-0.1, -0.05) is 97.1 Å². The molecular weight excluding hydrogens is 380 g/mol. The summed E-state index contributed by atoms with van der Waals surface area (Å²) in [6, 6.07) is 37.9. The van der Waals surface area contributed by atoms with Gasteiger partial charge in [0.25, 0.3) is 0 Å². The number of hydrogen-bond donors (Lipinski definition) is 2. The highest BCUT2D eigenvalue weighted by Gasteiger charge is 2.22. The summed E-state index contributed by atoms with van der Waals surface area (Å²) in [6.07, 6.45) is 0. The molecular formula is C29H22O2. The van der Waals surface area contributed by atoms with Gasteiger partial charge in [0, 0.05) is 11.5 Å². The summed E-state index contributed by atoms with van der Waals surface area (Å²) in [5, 5.41) is 22.9. The zero-order valence-electron chi connectivity index (χ0n) is 16.9. The van der Waals surface area contributed by atoms with Crippen LogP contribution in [0.4, 0.5) is 0 Å². The summed E-state index contributed by atoms with van der Waals surface area (Å²) in [5.74, 6) is 0.324. The van der Waals surface area contributed by atoms with E-state index in [2.05, 4.69) is 48.5 Å². The Morgan fingerprint density at radius 2 is 1.06 bits per heavy atom. The van der Waals surface area contributed by atoms with Crippen LogP contribution in [0.3, 0.4) is 0 Å². The summed E-state index contributed by atoms with van der Waals surface area (Å²) in [4.78, 5) is 0. The fraction of sp³-hybridized carbons (Fsp3) is 0.0345. The minimum absolute atomic E-state index is 0.170. The van der Waals surface area contributed by atoms with Crippen molar-refractivity contribution in [3.05, 3.63) is 132 Å². The molecule has 0 radical (unpaired) electrons. The molecule has 2 N–H and O–H groups in total. The van der Waals surface area contributed by atoms with Gasteiger partial charge in [-0.15, -0.1) is 0 Å². The molecule has 0 aliphatic heterocycles. The molecule has 0 heterocycles. The molecule has 0 amide bonds. The van der Waals surface area contributed by atoms with Crippen molar-refractivity contribution in [2.75, 3.05) is 0 Å². The summed E-state index contributed by atoms with van der Waals surface area (Å²) in [7, 11) is 0. The standard InChI is InChI=1S/C29H22O2/c30-25-17-14-24(15-18-25)28(29-26-9-5-4-8-22(26)16-19-27(29)31)23-12-10-21(11-13-23)20-6-2-1-3-7-20/h1-19,28,30-31H/t28-/m0/s1. The molecule has 0 spiro atoms. The molecule has 0 bridgehead atoms. The monoisotopic (exact) mass is 402 g/mol. The molecule has 0 saturated heterocycles. The van der Waals surface area contributed by atoms with Gasteiger partial charge in [0.2, 0.25) is 0 Å². The summed E-state index contributed by atoms with van der Waals surface area (Å²) in [5.41, 5.74) is 5.28. The summed E-state index contributed by atoms with van der Waals surface area (Å²) in [6.45, 7) is 0. The topological polar surface area (TPSA) is 40.5 Å². The molecule has 0 unspecified atom stereocenters. The first-order valence-electron chi connectivity index (χ1n) is 10.4. The van der Waals surface area contributed by atoms with E-state index in [9.17, 15) is 10.2 Å². The third kappa shape index (κ3) is 3.64. The van der Waals surface area contributed by atoms with E-state index in [4.69, 9.17) is 0 Å².